The van der Waals surface area contributed by atoms with Gasteiger partial charge in [0.2, 0.25) is 0 Å². The first-order chi connectivity index (χ1) is 12.9. The van der Waals surface area contributed by atoms with E-state index in [4.69, 9.17) is 4.74 Å². The molecule has 0 amide bonds. The Labute approximate surface area is 179 Å². The predicted molar refractivity (Wildman–Crippen MR) is 113 cm³/mol. The van der Waals surface area contributed by atoms with Crippen molar-refractivity contribution in [3.63, 3.8) is 0 Å². The number of ether oxygens (including phenoxy) is 2. The normalized spacial score (nSPS) is 11.0. The van der Waals surface area contributed by atoms with Crippen molar-refractivity contribution in [2.45, 2.75) is 26.6 Å². The predicted octanol–water partition coefficient (Wildman–Crippen LogP) is 4.23. The van der Waals surface area contributed by atoms with Crippen molar-refractivity contribution < 1.29 is 22.6 Å². The standard InChI is InChI=1S/C19H22F3N3O2.HI/c1-12-4-5-13(8-16(12)20)10-24-19(23-2)25-11-14-6-7-15(26-3)9-17(14)27-18(21)22;/h4-9,18H,10-11H2,1-3H3,(H2,23,24,25);1H. The molecule has 2 aromatic carbocycles. The summed E-state index contributed by atoms with van der Waals surface area (Å²) < 4.78 is 48.4. The topological polar surface area (TPSA) is 54.9 Å². The van der Waals surface area contributed by atoms with Gasteiger partial charge >= 0.3 is 6.61 Å². The average Bonchev–Trinajstić information content (AvgIpc) is 2.65. The quantitative estimate of drug-likeness (QED) is 0.334. The number of guanidine groups is 1. The van der Waals surface area contributed by atoms with E-state index in [0.717, 1.165) is 5.56 Å². The number of hydrogen-bond donors (Lipinski definition) is 2. The molecule has 2 N–H and O–H groups in total. The Morgan fingerprint density at radius 2 is 1.82 bits per heavy atom. The van der Waals surface area contributed by atoms with Gasteiger partial charge in [0.05, 0.1) is 7.11 Å². The molecule has 0 saturated heterocycles. The molecule has 0 heterocycles. The maximum absolute atomic E-state index is 13.6. The van der Waals surface area contributed by atoms with Crippen molar-refractivity contribution in [2.75, 3.05) is 14.2 Å². The third kappa shape index (κ3) is 7.10. The summed E-state index contributed by atoms with van der Waals surface area (Å²) in [6.07, 6.45) is 0. The summed E-state index contributed by atoms with van der Waals surface area (Å²) in [6.45, 7) is -0.681. The molecule has 2 aromatic rings. The van der Waals surface area contributed by atoms with Crippen molar-refractivity contribution >= 4 is 29.9 Å². The van der Waals surface area contributed by atoms with Gasteiger partial charge in [-0.15, -0.1) is 24.0 Å². The lowest BCUT2D eigenvalue weighted by Crippen LogP contribution is -2.36. The molecule has 0 aromatic heterocycles. The molecule has 0 spiro atoms. The molecule has 5 nitrogen and oxygen atoms in total. The van der Waals surface area contributed by atoms with E-state index in [1.807, 2.05) is 6.07 Å². The Kier molecular flexibility index (Phi) is 9.91. The van der Waals surface area contributed by atoms with Gasteiger partial charge in [0.1, 0.15) is 17.3 Å². The summed E-state index contributed by atoms with van der Waals surface area (Å²) in [6, 6.07) is 9.65. The summed E-state index contributed by atoms with van der Waals surface area (Å²) in [5, 5.41) is 6.06. The second-order valence-electron chi connectivity index (χ2n) is 5.72. The van der Waals surface area contributed by atoms with Crippen LogP contribution < -0.4 is 20.1 Å². The SMILES string of the molecule is CN=C(NCc1ccc(C)c(F)c1)NCc1ccc(OC)cc1OC(F)F.I. The number of nitrogens with zero attached hydrogens (tertiary/aromatic N) is 1. The largest absolute Gasteiger partial charge is 0.497 e. The van der Waals surface area contributed by atoms with Crippen LogP contribution in [0.2, 0.25) is 0 Å². The molecule has 2 rings (SSSR count). The molecule has 0 radical (unpaired) electrons. The highest BCUT2D eigenvalue weighted by Crippen LogP contribution is 2.26. The van der Waals surface area contributed by atoms with E-state index in [-0.39, 0.29) is 42.1 Å². The zero-order valence-electron chi connectivity index (χ0n) is 15.8. The number of alkyl halides is 2. The van der Waals surface area contributed by atoms with Gasteiger partial charge in [-0.05, 0) is 36.2 Å². The highest BCUT2D eigenvalue weighted by atomic mass is 127. The number of aryl methyl sites for hydroxylation is 1. The Morgan fingerprint density at radius 1 is 1.11 bits per heavy atom. The van der Waals surface area contributed by atoms with Crippen LogP contribution in [0.4, 0.5) is 13.2 Å². The number of rotatable bonds is 7. The molecular formula is C19H23F3IN3O2. The smallest absolute Gasteiger partial charge is 0.387 e. The van der Waals surface area contributed by atoms with Crippen LogP contribution in [0, 0.1) is 12.7 Å². The zero-order valence-corrected chi connectivity index (χ0v) is 18.1. The van der Waals surface area contributed by atoms with E-state index < -0.39 is 6.61 Å². The molecule has 0 unspecified atom stereocenters. The van der Waals surface area contributed by atoms with Crippen molar-refractivity contribution in [3.8, 4) is 11.5 Å². The first kappa shape index (κ1) is 23.9. The third-order valence-corrected chi connectivity index (χ3v) is 3.86. The average molecular weight is 509 g/mol. The fourth-order valence-corrected chi connectivity index (χ4v) is 2.35. The molecule has 28 heavy (non-hydrogen) atoms. The monoisotopic (exact) mass is 509 g/mol. The van der Waals surface area contributed by atoms with Crippen molar-refractivity contribution in [3.05, 3.63) is 58.9 Å². The number of nitrogens with one attached hydrogen (secondary N) is 2. The van der Waals surface area contributed by atoms with E-state index in [0.29, 0.717) is 29.4 Å². The van der Waals surface area contributed by atoms with Gasteiger partial charge in [0.25, 0.3) is 0 Å². The van der Waals surface area contributed by atoms with E-state index in [9.17, 15) is 13.2 Å². The minimum Gasteiger partial charge on any atom is -0.497 e. The van der Waals surface area contributed by atoms with Crippen LogP contribution in [0.15, 0.2) is 41.4 Å². The van der Waals surface area contributed by atoms with E-state index in [1.54, 1.807) is 32.2 Å². The summed E-state index contributed by atoms with van der Waals surface area (Å²) in [5.74, 6) is 0.602. The van der Waals surface area contributed by atoms with Gasteiger partial charge in [0.15, 0.2) is 5.96 Å². The van der Waals surface area contributed by atoms with E-state index >= 15 is 0 Å². The van der Waals surface area contributed by atoms with Crippen molar-refractivity contribution in [1.82, 2.24) is 10.6 Å². The second-order valence-corrected chi connectivity index (χ2v) is 5.72. The van der Waals surface area contributed by atoms with Crippen LogP contribution in [0.25, 0.3) is 0 Å². The van der Waals surface area contributed by atoms with E-state index in [2.05, 4.69) is 20.4 Å². The van der Waals surface area contributed by atoms with Gasteiger partial charge in [-0.25, -0.2) is 4.39 Å². The highest BCUT2D eigenvalue weighted by molar-refractivity contribution is 14.0. The maximum atomic E-state index is 13.6. The Bertz CT molecular complexity index is 804. The molecule has 0 atom stereocenters. The number of benzene rings is 2. The van der Waals surface area contributed by atoms with Gasteiger partial charge in [-0.3, -0.25) is 4.99 Å². The molecule has 0 aliphatic rings. The molecule has 0 aliphatic carbocycles. The first-order valence-corrected chi connectivity index (χ1v) is 8.24. The van der Waals surface area contributed by atoms with Crippen LogP contribution in [-0.4, -0.2) is 26.7 Å². The lowest BCUT2D eigenvalue weighted by molar-refractivity contribution is -0.0505. The lowest BCUT2D eigenvalue weighted by Gasteiger charge is -2.15. The molecule has 154 valence electrons. The summed E-state index contributed by atoms with van der Waals surface area (Å²) in [4.78, 5) is 4.07. The Hall–Kier alpha value is -2.17. The lowest BCUT2D eigenvalue weighted by atomic mass is 10.1. The van der Waals surface area contributed by atoms with Crippen LogP contribution >= 0.6 is 24.0 Å². The van der Waals surface area contributed by atoms with Gasteiger partial charge < -0.3 is 20.1 Å². The fraction of sp³-hybridized carbons (Fsp3) is 0.316. The zero-order chi connectivity index (χ0) is 19.8. The number of hydrogen-bond acceptors (Lipinski definition) is 3. The minimum atomic E-state index is -2.94. The number of aliphatic imine (C=N–C) groups is 1. The number of methoxy groups -OCH3 is 1. The summed E-state index contributed by atoms with van der Waals surface area (Å²) >= 11 is 0. The minimum absolute atomic E-state index is 0. The number of halogens is 4. The molecule has 9 heteroatoms. The molecule has 0 bridgehead atoms. The Morgan fingerprint density at radius 3 is 2.43 bits per heavy atom. The Balaban J connectivity index is 0.00000392. The van der Waals surface area contributed by atoms with Gasteiger partial charge in [-0.1, -0.05) is 12.1 Å². The van der Waals surface area contributed by atoms with E-state index in [1.165, 1.54) is 19.2 Å². The van der Waals surface area contributed by atoms with Crippen LogP contribution in [0.3, 0.4) is 0 Å². The van der Waals surface area contributed by atoms with Crippen molar-refractivity contribution in [2.24, 2.45) is 4.99 Å². The third-order valence-electron chi connectivity index (χ3n) is 3.86. The first-order valence-electron chi connectivity index (χ1n) is 8.24. The summed E-state index contributed by atoms with van der Waals surface area (Å²) in [5.41, 5.74) is 1.85. The van der Waals surface area contributed by atoms with Gasteiger partial charge in [0, 0.05) is 31.8 Å². The fourth-order valence-electron chi connectivity index (χ4n) is 2.35. The maximum Gasteiger partial charge on any atom is 0.387 e. The summed E-state index contributed by atoms with van der Waals surface area (Å²) in [7, 11) is 3.02. The second kappa shape index (κ2) is 11.6. The van der Waals surface area contributed by atoms with Gasteiger partial charge in [-0.2, -0.15) is 8.78 Å². The molecule has 0 aliphatic heterocycles. The molecule has 0 saturated carbocycles. The van der Waals surface area contributed by atoms with Crippen LogP contribution in [0.1, 0.15) is 16.7 Å². The van der Waals surface area contributed by atoms with Crippen LogP contribution in [-0.2, 0) is 13.1 Å². The molecule has 0 fully saturated rings. The van der Waals surface area contributed by atoms with Crippen molar-refractivity contribution in [1.29, 1.82) is 0 Å². The highest BCUT2D eigenvalue weighted by Gasteiger charge is 2.12. The van der Waals surface area contributed by atoms with Crippen LogP contribution in [0.5, 0.6) is 11.5 Å². The molecular weight excluding hydrogens is 486 g/mol.